The van der Waals surface area contributed by atoms with Crippen LogP contribution in [0.4, 0.5) is 4.39 Å². The molecule has 1 amide bonds. The molecule has 0 atom stereocenters. The first-order valence-electron chi connectivity index (χ1n) is 13.1. The number of likely N-dealkylation sites (N-methyl/N-ethyl adjacent to an activating group) is 1. The number of amides is 1. The predicted octanol–water partition coefficient (Wildman–Crippen LogP) is 4.28. The number of likely N-dealkylation sites (tertiary alicyclic amines) is 1. The number of ether oxygens (including phenoxy) is 1. The summed E-state index contributed by atoms with van der Waals surface area (Å²) in [7, 11) is 1.74. The van der Waals surface area contributed by atoms with Gasteiger partial charge in [-0.15, -0.1) is 0 Å². The van der Waals surface area contributed by atoms with Crippen LogP contribution < -0.4 is 5.73 Å². The molecule has 0 radical (unpaired) electrons. The third kappa shape index (κ3) is 5.24. The summed E-state index contributed by atoms with van der Waals surface area (Å²) < 4.78 is 22.2. The van der Waals surface area contributed by atoms with Crippen LogP contribution in [-0.4, -0.2) is 85.3 Å². The molecule has 204 valence electrons. The average molecular weight is 550 g/mol. The van der Waals surface area contributed by atoms with Gasteiger partial charge < -0.3 is 25.2 Å². The number of carbonyl (C=O) groups is 1. The van der Waals surface area contributed by atoms with Crippen LogP contribution in [0.5, 0.6) is 0 Å². The monoisotopic (exact) mass is 549 g/mol. The highest BCUT2D eigenvalue weighted by molar-refractivity contribution is 6.41. The quantitative estimate of drug-likeness (QED) is 0.582. The second-order valence-electron chi connectivity index (χ2n) is 9.95. The molecule has 0 bridgehead atoms. The van der Waals surface area contributed by atoms with Gasteiger partial charge in [0.05, 0.1) is 30.8 Å². The molecule has 2 aromatic carbocycles. The van der Waals surface area contributed by atoms with Crippen molar-refractivity contribution in [3.05, 3.63) is 88.6 Å². The molecule has 2 aromatic rings. The van der Waals surface area contributed by atoms with Gasteiger partial charge in [-0.25, -0.2) is 9.38 Å². The summed E-state index contributed by atoms with van der Waals surface area (Å²) >= 11 is 6.84. The van der Waals surface area contributed by atoms with Crippen LogP contribution in [0.15, 0.2) is 88.1 Å². The zero-order chi connectivity index (χ0) is 27.7. The van der Waals surface area contributed by atoms with Crippen molar-refractivity contribution >= 4 is 39.6 Å². The highest BCUT2D eigenvalue weighted by atomic mass is 35.5. The largest absolute Gasteiger partial charge is 0.378 e. The third-order valence-corrected chi connectivity index (χ3v) is 8.01. The number of allylic oxidation sites excluding steroid dienone is 6. The number of hydrogen-bond donors (Lipinski definition) is 1. The van der Waals surface area contributed by atoms with E-state index < -0.39 is 5.83 Å². The van der Waals surface area contributed by atoms with E-state index in [-0.39, 0.29) is 24.2 Å². The third-order valence-electron chi connectivity index (χ3n) is 7.71. The van der Waals surface area contributed by atoms with Gasteiger partial charge in [0.25, 0.3) is 0 Å². The van der Waals surface area contributed by atoms with Gasteiger partial charge in [0, 0.05) is 50.1 Å². The number of nitrogens with two attached hydrogens (primary N) is 1. The van der Waals surface area contributed by atoms with Gasteiger partial charge in [-0.2, -0.15) is 0 Å². The van der Waals surface area contributed by atoms with Crippen LogP contribution in [-0.2, 0) is 9.53 Å². The number of aliphatic imine (C=N–C) groups is 1. The lowest BCUT2D eigenvalue weighted by molar-refractivity contribution is -0.133. The Kier molecular flexibility index (Phi) is 7.88. The van der Waals surface area contributed by atoms with Crippen LogP contribution in [0.1, 0.15) is 12.5 Å². The molecule has 0 saturated carbocycles. The fourth-order valence-electron chi connectivity index (χ4n) is 5.21. The van der Waals surface area contributed by atoms with Gasteiger partial charge in [0.2, 0.25) is 5.91 Å². The first kappa shape index (κ1) is 27.1. The van der Waals surface area contributed by atoms with E-state index in [0.29, 0.717) is 67.0 Å². The van der Waals surface area contributed by atoms with Crippen molar-refractivity contribution in [3.63, 3.8) is 0 Å². The Labute approximate surface area is 233 Å². The van der Waals surface area contributed by atoms with E-state index in [9.17, 15) is 4.79 Å². The Hall–Kier alpha value is -3.46. The van der Waals surface area contributed by atoms with Crippen molar-refractivity contribution in [1.29, 1.82) is 0 Å². The fraction of sp³-hybridized carbons (Fsp3) is 0.333. The van der Waals surface area contributed by atoms with Crippen molar-refractivity contribution in [3.8, 4) is 0 Å². The first-order chi connectivity index (χ1) is 18.8. The molecule has 0 spiro atoms. The number of halogens is 2. The molecule has 3 aliphatic rings. The maximum atomic E-state index is 16.7. The predicted molar refractivity (Wildman–Crippen MR) is 155 cm³/mol. The standard InChI is InChI=1S/C30H33ClFN5O2/c1-19(36-11-13-39-14-12-36)25-15-26(31)28(24-10-6-8-21-7-4-5-9-23(21)24)29(32)30(25)34-20(2)37-17-22(18-37)35(3)27(38)16-33/h4-10,15,22H,2,11-14,16-18,33H2,1,3H3/b25-19+,34-30+. The molecule has 2 N–H and O–H groups in total. The van der Waals surface area contributed by atoms with Gasteiger partial charge >= 0.3 is 0 Å². The van der Waals surface area contributed by atoms with Crippen molar-refractivity contribution in [2.24, 2.45) is 10.7 Å². The average Bonchev–Trinajstić information content (AvgIpc) is 2.93. The molecular weight excluding hydrogens is 517 g/mol. The van der Waals surface area contributed by atoms with Crippen LogP contribution in [0, 0.1) is 0 Å². The minimum absolute atomic E-state index is 0.00966. The van der Waals surface area contributed by atoms with Crippen LogP contribution in [0.3, 0.4) is 0 Å². The Morgan fingerprint density at radius 1 is 1.18 bits per heavy atom. The molecule has 7 nitrogen and oxygen atoms in total. The zero-order valence-electron chi connectivity index (χ0n) is 22.3. The molecule has 0 aromatic heterocycles. The Morgan fingerprint density at radius 3 is 2.59 bits per heavy atom. The summed E-state index contributed by atoms with van der Waals surface area (Å²) in [6, 6.07) is 13.6. The lowest BCUT2D eigenvalue weighted by atomic mass is 9.90. The summed E-state index contributed by atoms with van der Waals surface area (Å²) in [5.41, 5.74) is 8.23. The summed E-state index contributed by atoms with van der Waals surface area (Å²) in [5, 5.41) is 2.23. The maximum Gasteiger partial charge on any atom is 0.236 e. The molecular formula is C30H33ClFN5O2. The minimum atomic E-state index is -0.491. The molecule has 2 fully saturated rings. The second-order valence-corrected chi connectivity index (χ2v) is 10.4. The Bertz CT molecular complexity index is 1430. The Morgan fingerprint density at radius 2 is 1.87 bits per heavy atom. The smallest absolute Gasteiger partial charge is 0.236 e. The molecule has 39 heavy (non-hydrogen) atoms. The van der Waals surface area contributed by atoms with E-state index >= 15 is 4.39 Å². The van der Waals surface area contributed by atoms with Crippen molar-refractivity contribution in [1.82, 2.24) is 14.7 Å². The van der Waals surface area contributed by atoms with Crippen LogP contribution in [0.2, 0.25) is 0 Å². The van der Waals surface area contributed by atoms with Gasteiger partial charge in [-0.1, -0.05) is 60.6 Å². The molecule has 9 heteroatoms. The Balaban J connectivity index is 1.56. The van der Waals surface area contributed by atoms with E-state index in [1.54, 1.807) is 11.9 Å². The summed E-state index contributed by atoms with van der Waals surface area (Å²) in [5.74, 6) is -0.181. The highest BCUT2D eigenvalue weighted by Gasteiger charge is 2.34. The molecule has 1 aliphatic carbocycles. The molecule has 5 rings (SSSR count). The van der Waals surface area contributed by atoms with Gasteiger partial charge in [-0.05, 0) is 29.3 Å². The first-order valence-corrected chi connectivity index (χ1v) is 13.5. The normalized spacial score (nSPS) is 20.7. The molecule has 2 aliphatic heterocycles. The molecule has 2 saturated heterocycles. The van der Waals surface area contributed by atoms with E-state index in [1.807, 2.05) is 60.4 Å². The van der Waals surface area contributed by atoms with E-state index in [2.05, 4.69) is 11.5 Å². The number of rotatable bonds is 6. The zero-order valence-corrected chi connectivity index (χ0v) is 23.0. The molecule has 2 heterocycles. The maximum absolute atomic E-state index is 16.7. The van der Waals surface area contributed by atoms with Gasteiger partial charge in [0.15, 0.2) is 5.83 Å². The van der Waals surface area contributed by atoms with Gasteiger partial charge in [-0.3, -0.25) is 4.79 Å². The fourth-order valence-corrected chi connectivity index (χ4v) is 5.51. The second kappa shape index (κ2) is 11.3. The van der Waals surface area contributed by atoms with Crippen LogP contribution in [0.25, 0.3) is 16.3 Å². The lowest BCUT2D eigenvalue weighted by Crippen LogP contribution is -2.59. The molecule has 0 unspecified atom stereocenters. The van der Waals surface area contributed by atoms with E-state index in [1.165, 1.54) is 0 Å². The SMILES string of the molecule is C=C(/N=C1/C(F)=C(c2cccc3ccccc23)C(Cl)=C/C1=C(/C)N1CCOCC1)N1CC(N(C)C(=O)CN)C1. The number of hydrogen-bond acceptors (Lipinski definition) is 6. The summed E-state index contributed by atoms with van der Waals surface area (Å²) in [6.07, 6.45) is 1.81. The highest BCUT2D eigenvalue weighted by Crippen LogP contribution is 2.41. The number of benzene rings is 2. The van der Waals surface area contributed by atoms with Crippen LogP contribution >= 0.6 is 11.6 Å². The summed E-state index contributed by atoms with van der Waals surface area (Å²) in [6.45, 7) is 9.78. The number of morpholine rings is 1. The van der Waals surface area contributed by atoms with Gasteiger partial charge in [0.1, 0.15) is 11.5 Å². The van der Waals surface area contributed by atoms with Crippen molar-refractivity contribution < 1.29 is 13.9 Å². The lowest BCUT2D eigenvalue weighted by Gasteiger charge is -2.45. The van der Waals surface area contributed by atoms with Crippen molar-refractivity contribution in [2.45, 2.75) is 13.0 Å². The number of fused-ring (bicyclic) bond motifs is 1. The van der Waals surface area contributed by atoms with E-state index in [4.69, 9.17) is 27.1 Å². The number of nitrogens with zero attached hydrogens (tertiary/aromatic N) is 4. The van der Waals surface area contributed by atoms with E-state index in [0.717, 1.165) is 16.5 Å². The number of carbonyl (C=O) groups excluding carboxylic acids is 1. The topological polar surface area (TPSA) is 74.4 Å². The minimum Gasteiger partial charge on any atom is -0.378 e. The van der Waals surface area contributed by atoms with Crippen molar-refractivity contribution in [2.75, 3.05) is 53.0 Å². The summed E-state index contributed by atoms with van der Waals surface area (Å²) in [4.78, 5) is 22.5.